The second-order valence-corrected chi connectivity index (χ2v) is 6.10. The maximum Gasteiger partial charge on any atom is 0.253 e. The van der Waals surface area contributed by atoms with Crippen molar-refractivity contribution in [3.05, 3.63) is 65.7 Å². The number of rotatable bonds is 4. The summed E-state index contributed by atoms with van der Waals surface area (Å²) < 4.78 is 0. The van der Waals surface area contributed by atoms with Crippen molar-refractivity contribution < 1.29 is 4.79 Å². The number of nitrogens with one attached hydrogen (secondary N) is 1. The molecule has 1 fully saturated rings. The summed E-state index contributed by atoms with van der Waals surface area (Å²) in [4.78, 5) is 14.7. The number of piperidine rings is 1. The summed E-state index contributed by atoms with van der Waals surface area (Å²) >= 11 is 0. The van der Waals surface area contributed by atoms with E-state index in [-0.39, 0.29) is 36.8 Å². The molecule has 136 valence electrons. The summed E-state index contributed by atoms with van der Waals surface area (Å²) in [5, 5.41) is 3.11. The molecule has 0 radical (unpaired) electrons. The second-order valence-electron chi connectivity index (χ2n) is 6.10. The third-order valence-corrected chi connectivity index (χ3v) is 4.38. The van der Waals surface area contributed by atoms with Crippen LogP contribution in [0.4, 0.5) is 5.69 Å². The van der Waals surface area contributed by atoms with Crippen LogP contribution in [-0.4, -0.2) is 29.9 Å². The Labute approximate surface area is 161 Å². The number of carbonyl (C=O) groups excluding carboxylic acids is 1. The number of nitrogens with two attached hydrogens (primary N) is 1. The van der Waals surface area contributed by atoms with Gasteiger partial charge in [0.1, 0.15) is 0 Å². The van der Waals surface area contributed by atoms with Crippen LogP contribution < -0.4 is 11.1 Å². The van der Waals surface area contributed by atoms with Gasteiger partial charge in [-0.3, -0.25) is 9.69 Å². The molecule has 0 bridgehead atoms. The first-order valence-corrected chi connectivity index (χ1v) is 8.14. The molecule has 1 aliphatic heterocycles. The highest BCUT2D eigenvalue weighted by molar-refractivity contribution is 5.99. The van der Waals surface area contributed by atoms with E-state index in [1.165, 1.54) is 5.56 Å². The molecule has 4 nitrogen and oxygen atoms in total. The molecule has 0 unspecified atom stereocenters. The monoisotopic (exact) mass is 381 g/mol. The molecule has 2 aromatic rings. The van der Waals surface area contributed by atoms with E-state index < -0.39 is 0 Å². The van der Waals surface area contributed by atoms with Crippen LogP contribution >= 0.6 is 24.8 Å². The topological polar surface area (TPSA) is 58.4 Å². The average Bonchev–Trinajstić information content (AvgIpc) is 2.58. The lowest BCUT2D eigenvalue weighted by atomic mass is 10.0. The van der Waals surface area contributed by atoms with Crippen LogP contribution in [-0.2, 0) is 6.54 Å². The van der Waals surface area contributed by atoms with Gasteiger partial charge in [-0.1, -0.05) is 42.5 Å². The molecule has 2 aromatic carbocycles. The molecular weight excluding hydrogens is 357 g/mol. The summed E-state index contributed by atoms with van der Waals surface area (Å²) in [7, 11) is 0. The molecule has 0 spiro atoms. The SMILES string of the molecule is Cl.Cl.Nc1ccccc1C(=O)NC1CCN(Cc2ccccc2)CC1. The minimum atomic E-state index is -0.0652. The lowest BCUT2D eigenvalue weighted by molar-refractivity contribution is 0.0910. The molecule has 1 aliphatic rings. The number of benzene rings is 2. The zero-order valence-electron chi connectivity index (χ0n) is 14.1. The van der Waals surface area contributed by atoms with Crippen LogP contribution in [0.2, 0.25) is 0 Å². The van der Waals surface area contributed by atoms with Crippen molar-refractivity contribution >= 4 is 36.4 Å². The van der Waals surface area contributed by atoms with E-state index in [0.717, 1.165) is 32.5 Å². The van der Waals surface area contributed by atoms with Crippen LogP contribution in [0.5, 0.6) is 0 Å². The lowest BCUT2D eigenvalue weighted by Crippen LogP contribution is -2.44. The number of amides is 1. The summed E-state index contributed by atoms with van der Waals surface area (Å²) in [5.74, 6) is -0.0652. The average molecular weight is 382 g/mol. The fraction of sp³-hybridized carbons (Fsp3) is 0.316. The van der Waals surface area contributed by atoms with Gasteiger partial charge in [-0.25, -0.2) is 0 Å². The van der Waals surface area contributed by atoms with Crippen molar-refractivity contribution in [3.8, 4) is 0 Å². The molecule has 0 aromatic heterocycles. The summed E-state index contributed by atoms with van der Waals surface area (Å²) in [6.07, 6.45) is 1.95. The Morgan fingerprint density at radius 1 is 1.00 bits per heavy atom. The first-order chi connectivity index (χ1) is 11.2. The van der Waals surface area contributed by atoms with Crippen molar-refractivity contribution in [2.24, 2.45) is 0 Å². The molecular formula is C19H25Cl2N3O. The van der Waals surface area contributed by atoms with E-state index in [1.807, 2.05) is 18.2 Å². The first-order valence-electron chi connectivity index (χ1n) is 8.14. The third kappa shape index (κ3) is 5.92. The van der Waals surface area contributed by atoms with Gasteiger partial charge < -0.3 is 11.1 Å². The largest absolute Gasteiger partial charge is 0.398 e. The predicted octanol–water partition coefficient (Wildman–Crippen LogP) is 3.51. The Bertz CT molecular complexity index is 659. The number of halogens is 2. The molecule has 0 atom stereocenters. The van der Waals surface area contributed by atoms with Gasteiger partial charge in [0.15, 0.2) is 0 Å². The summed E-state index contributed by atoms with van der Waals surface area (Å²) in [6.45, 7) is 2.99. The zero-order valence-corrected chi connectivity index (χ0v) is 15.7. The fourth-order valence-electron chi connectivity index (χ4n) is 3.04. The fourth-order valence-corrected chi connectivity index (χ4v) is 3.04. The van der Waals surface area contributed by atoms with Gasteiger partial charge in [0, 0.05) is 31.4 Å². The molecule has 0 saturated carbocycles. The van der Waals surface area contributed by atoms with Crippen LogP contribution in [0.1, 0.15) is 28.8 Å². The Morgan fingerprint density at radius 2 is 1.60 bits per heavy atom. The van der Waals surface area contributed by atoms with Gasteiger partial charge in [-0.15, -0.1) is 24.8 Å². The lowest BCUT2D eigenvalue weighted by Gasteiger charge is -2.32. The maximum atomic E-state index is 12.3. The van der Waals surface area contributed by atoms with Crippen molar-refractivity contribution in [1.82, 2.24) is 10.2 Å². The molecule has 25 heavy (non-hydrogen) atoms. The molecule has 1 amide bonds. The third-order valence-electron chi connectivity index (χ3n) is 4.38. The maximum absolute atomic E-state index is 12.3. The number of likely N-dealkylation sites (tertiary alicyclic amines) is 1. The minimum absolute atomic E-state index is 0. The Hall–Kier alpha value is -1.75. The van der Waals surface area contributed by atoms with Gasteiger partial charge in [-0.05, 0) is 30.5 Å². The van der Waals surface area contributed by atoms with E-state index in [2.05, 4.69) is 34.5 Å². The number of hydrogen-bond donors (Lipinski definition) is 2. The smallest absolute Gasteiger partial charge is 0.253 e. The molecule has 3 N–H and O–H groups in total. The van der Waals surface area contributed by atoms with Gasteiger partial charge >= 0.3 is 0 Å². The summed E-state index contributed by atoms with van der Waals surface area (Å²) in [6, 6.07) is 18.0. The van der Waals surface area contributed by atoms with E-state index in [0.29, 0.717) is 11.3 Å². The quantitative estimate of drug-likeness (QED) is 0.796. The van der Waals surface area contributed by atoms with Gasteiger partial charge in [-0.2, -0.15) is 0 Å². The number of carbonyl (C=O) groups is 1. The molecule has 6 heteroatoms. The molecule has 3 rings (SSSR count). The standard InChI is InChI=1S/C19H23N3O.2ClH/c20-18-9-5-4-8-17(18)19(23)21-16-10-12-22(13-11-16)14-15-6-2-1-3-7-15;;/h1-9,16H,10-14,20H2,(H,21,23);2*1H. The summed E-state index contributed by atoms with van der Waals surface area (Å²) in [5.41, 5.74) is 8.31. The van der Waals surface area contributed by atoms with E-state index in [1.54, 1.807) is 12.1 Å². The zero-order chi connectivity index (χ0) is 16.1. The first kappa shape index (κ1) is 21.3. The molecule has 1 saturated heterocycles. The normalized spacial score (nSPS) is 14.9. The Morgan fingerprint density at radius 3 is 2.24 bits per heavy atom. The van der Waals surface area contributed by atoms with Crippen molar-refractivity contribution in [3.63, 3.8) is 0 Å². The highest BCUT2D eigenvalue weighted by Gasteiger charge is 2.21. The number of para-hydroxylation sites is 1. The predicted molar refractivity (Wildman–Crippen MR) is 108 cm³/mol. The Balaban J connectivity index is 0.00000156. The number of nitrogens with zero attached hydrogens (tertiary/aromatic N) is 1. The van der Waals surface area contributed by atoms with Crippen LogP contribution in [0.15, 0.2) is 54.6 Å². The van der Waals surface area contributed by atoms with E-state index in [4.69, 9.17) is 5.73 Å². The van der Waals surface area contributed by atoms with Crippen LogP contribution in [0.25, 0.3) is 0 Å². The number of hydrogen-bond acceptors (Lipinski definition) is 3. The minimum Gasteiger partial charge on any atom is -0.398 e. The number of anilines is 1. The second kappa shape index (κ2) is 10.3. The van der Waals surface area contributed by atoms with Gasteiger partial charge in [0.25, 0.3) is 5.91 Å². The van der Waals surface area contributed by atoms with Crippen molar-refractivity contribution in [2.45, 2.75) is 25.4 Å². The van der Waals surface area contributed by atoms with Crippen molar-refractivity contribution in [2.75, 3.05) is 18.8 Å². The van der Waals surface area contributed by atoms with Crippen LogP contribution in [0, 0.1) is 0 Å². The van der Waals surface area contributed by atoms with Crippen LogP contribution in [0.3, 0.4) is 0 Å². The molecule has 0 aliphatic carbocycles. The Kier molecular flexibility index (Phi) is 8.76. The molecule has 1 heterocycles. The van der Waals surface area contributed by atoms with E-state index in [9.17, 15) is 4.79 Å². The number of nitrogen functional groups attached to an aromatic ring is 1. The van der Waals surface area contributed by atoms with Gasteiger partial charge in [0.2, 0.25) is 0 Å². The highest BCUT2D eigenvalue weighted by atomic mass is 35.5. The van der Waals surface area contributed by atoms with Gasteiger partial charge in [0.05, 0.1) is 5.56 Å². The van der Waals surface area contributed by atoms with E-state index >= 15 is 0 Å². The van der Waals surface area contributed by atoms with Crippen molar-refractivity contribution in [1.29, 1.82) is 0 Å². The highest BCUT2D eigenvalue weighted by Crippen LogP contribution is 2.16.